The number of aliphatic carboxylic acids is 1. The number of hydrogen-bond acceptors (Lipinski definition) is 1. The molecular formula is C19H34O2. The molecule has 0 spiro atoms. The minimum absolute atomic E-state index is 0.183. The Morgan fingerprint density at radius 2 is 1.43 bits per heavy atom. The Morgan fingerprint density at radius 1 is 0.905 bits per heavy atom. The molecule has 0 saturated heterocycles. The third-order valence-electron chi connectivity index (χ3n) is 3.79. The van der Waals surface area contributed by atoms with Crippen molar-refractivity contribution < 1.29 is 9.90 Å². The van der Waals surface area contributed by atoms with E-state index in [2.05, 4.69) is 31.2 Å². The van der Waals surface area contributed by atoms with Crippen LogP contribution < -0.4 is 0 Å². The Hall–Kier alpha value is -1.05. The Labute approximate surface area is 131 Å². The lowest BCUT2D eigenvalue weighted by Crippen LogP contribution is -2.08. The zero-order chi connectivity index (χ0) is 15.8. The fourth-order valence-electron chi connectivity index (χ4n) is 2.23. The van der Waals surface area contributed by atoms with Crippen molar-refractivity contribution in [3.63, 3.8) is 0 Å². The fraction of sp³-hybridized carbons (Fsp3) is 0.737. The molecule has 0 amide bonds. The van der Waals surface area contributed by atoms with E-state index in [9.17, 15) is 4.79 Å². The molecule has 21 heavy (non-hydrogen) atoms. The van der Waals surface area contributed by atoms with Crippen molar-refractivity contribution in [3.8, 4) is 0 Å². The van der Waals surface area contributed by atoms with E-state index in [1.54, 1.807) is 6.92 Å². The van der Waals surface area contributed by atoms with Crippen LogP contribution in [0.15, 0.2) is 24.3 Å². The van der Waals surface area contributed by atoms with Crippen LogP contribution in [0.5, 0.6) is 0 Å². The zero-order valence-corrected chi connectivity index (χ0v) is 14.0. The van der Waals surface area contributed by atoms with Crippen LogP contribution in [0.25, 0.3) is 0 Å². The van der Waals surface area contributed by atoms with Crippen molar-refractivity contribution in [2.45, 2.75) is 84.5 Å². The number of rotatable bonds is 14. The minimum atomic E-state index is -0.664. The van der Waals surface area contributed by atoms with Crippen molar-refractivity contribution in [2.75, 3.05) is 0 Å². The molecule has 0 heterocycles. The van der Waals surface area contributed by atoms with Crippen molar-refractivity contribution in [2.24, 2.45) is 5.92 Å². The monoisotopic (exact) mass is 294 g/mol. The molecule has 122 valence electrons. The van der Waals surface area contributed by atoms with E-state index in [4.69, 9.17) is 5.11 Å². The first-order valence-corrected chi connectivity index (χ1v) is 8.73. The lowest BCUT2D eigenvalue weighted by atomic mass is 10.0. The lowest BCUT2D eigenvalue weighted by Gasteiger charge is -2.05. The zero-order valence-electron chi connectivity index (χ0n) is 14.0. The average Bonchev–Trinajstić information content (AvgIpc) is 2.47. The first kappa shape index (κ1) is 19.9. The summed E-state index contributed by atoms with van der Waals surface area (Å²) in [6.07, 6.45) is 21.9. The van der Waals surface area contributed by atoms with E-state index >= 15 is 0 Å². The first-order chi connectivity index (χ1) is 10.2. The van der Waals surface area contributed by atoms with Gasteiger partial charge in [-0.05, 0) is 32.1 Å². The van der Waals surface area contributed by atoms with Gasteiger partial charge in [-0.1, -0.05) is 76.7 Å². The van der Waals surface area contributed by atoms with E-state index in [-0.39, 0.29) is 5.92 Å². The van der Waals surface area contributed by atoms with Gasteiger partial charge >= 0.3 is 5.97 Å². The molecule has 0 rings (SSSR count). The molecule has 0 aliphatic rings. The third-order valence-corrected chi connectivity index (χ3v) is 3.79. The summed E-state index contributed by atoms with van der Waals surface area (Å²) in [6, 6.07) is 0. The minimum Gasteiger partial charge on any atom is -0.481 e. The van der Waals surface area contributed by atoms with E-state index in [0.29, 0.717) is 0 Å². The number of carboxylic acid groups (broad SMARTS) is 1. The number of carbonyl (C=O) groups is 1. The van der Waals surface area contributed by atoms with Gasteiger partial charge in [0.2, 0.25) is 0 Å². The van der Waals surface area contributed by atoms with Crippen LogP contribution in [0, 0.1) is 5.92 Å². The highest BCUT2D eigenvalue weighted by Crippen LogP contribution is 2.12. The van der Waals surface area contributed by atoms with Gasteiger partial charge in [0, 0.05) is 0 Å². The molecule has 0 aromatic rings. The first-order valence-electron chi connectivity index (χ1n) is 8.73. The topological polar surface area (TPSA) is 37.3 Å². The molecule has 2 heteroatoms. The van der Waals surface area contributed by atoms with Crippen LogP contribution in [0.2, 0.25) is 0 Å². The second-order valence-electron chi connectivity index (χ2n) is 5.94. The summed E-state index contributed by atoms with van der Waals surface area (Å²) in [6.45, 7) is 4.03. The molecule has 1 unspecified atom stereocenters. The summed E-state index contributed by atoms with van der Waals surface area (Å²) in [5, 5.41) is 8.77. The van der Waals surface area contributed by atoms with Gasteiger partial charge in [-0.15, -0.1) is 0 Å². The van der Waals surface area contributed by atoms with Crippen LogP contribution >= 0.6 is 0 Å². The van der Waals surface area contributed by atoms with Gasteiger partial charge in [0.1, 0.15) is 0 Å². The van der Waals surface area contributed by atoms with Gasteiger partial charge in [-0.3, -0.25) is 4.79 Å². The van der Waals surface area contributed by atoms with Gasteiger partial charge < -0.3 is 5.11 Å². The summed E-state index contributed by atoms with van der Waals surface area (Å²) >= 11 is 0. The Bertz CT molecular complexity index is 292. The van der Waals surface area contributed by atoms with Crippen LogP contribution in [-0.4, -0.2) is 11.1 Å². The number of allylic oxidation sites excluding steroid dienone is 4. The molecule has 1 atom stereocenters. The maximum atomic E-state index is 10.7. The van der Waals surface area contributed by atoms with Crippen molar-refractivity contribution in [3.05, 3.63) is 24.3 Å². The van der Waals surface area contributed by atoms with Gasteiger partial charge in [0.15, 0.2) is 0 Å². The summed E-state index contributed by atoms with van der Waals surface area (Å²) in [7, 11) is 0. The van der Waals surface area contributed by atoms with Gasteiger partial charge in [0.05, 0.1) is 5.92 Å². The number of carboxylic acids is 1. The molecular weight excluding hydrogens is 260 g/mol. The van der Waals surface area contributed by atoms with Crippen LogP contribution in [0.3, 0.4) is 0 Å². The molecule has 0 aromatic carbocycles. The summed E-state index contributed by atoms with van der Waals surface area (Å²) in [5.74, 6) is -0.847. The maximum Gasteiger partial charge on any atom is 0.306 e. The standard InChI is InChI=1S/C19H34O2/c1-3-4-5-6-7-8-9-10-11-12-13-14-15-16-17-18(2)19(20)21/h7-10,18H,3-6,11-17H2,1-2H3,(H,20,21). The van der Waals surface area contributed by atoms with Crippen molar-refractivity contribution in [1.29, 1.82) is 0 Å². The molecule has 0 radical (unpaired) electrons. The Morgan fingerprint density at radius 3 is 2.00 bits per heavy atom. The van der Waals surface area contributed by atoms with E-state index in [1.807, 2.05) is 0 Å². The van der Waals surface area contributed by atoms with E-state index in [0.717, 1.165) is 19.3 Å². The summed E-state index contributed by atoms with van der Waals surface area (Å²) < 4.78 is 0. The summed E-state index contributed by atoms with van der Waals surface area (Å²) in [4.78, 5) is 10.7. The second-order valence-corrected chi connectivity index (χ2v) is 5.94. The van der Waals surface area contributed by atoms with Gasteiger partial charge in [-0.2, -0.15) is 0 Å². The van der Waals surface area contributed by atoms with Crippen LogP contribution in [0.4, 0.5) is 0 Å². The predicted molar refractivity (Wildman–Crippen MR) is 91.5 cm³/mol. The molecule has 0 bridgehead atoms. The van der Waals surface area contributed by atoms with Gasteiger partial charge in [0.25, 0.3) is 0 Å². The molecule has 0 fully saturated rings. The number of hydrogen-bond donors (Lipinski definition) is 1. The van der Waals surface area contributed by atoms with Gasteiger partial charge in [-0.25, -0.2) is 0 Å². The molecule has 0 saturated carbocycles. The Balaban J connectivity index is 3.26. The number of unbranched alkanes of at least 4 members (excludes halogenated alkanes) is 8. The maximum absolute atomic E-state index is 10.7. The molecule has 1 N–H and O–H groups in total. The fourth-order valence-corrected chi connectivity index (χ4v) is 2.23. The summed E-state index contributed by atoms with van der Waals surface area (Å²) in [5.41, 5.74) is 0. The lowest BCUT2D eigenvalue weighted by molar-refractivity contribution is -0.141. The smallest absolute Gasteiger partial charge is 0.306 e. The van der Waals surface area contributed by atoms with E-state index < -0.39 is 5.97 Å². The van der Waals surface area contributed by atoms with Crippen LogP contribution in [0.1, 0.15) is 84.5 Å². The molecule has 0 aliphatic heterocycles. The Kier molecular flexibility index (Phi) is 14.6. The SMILES string of the molecule is CCCCCC=CC=CCCCCCCCC(C)C(=O)O. The normalized spacial score (nSPS) is 13.2. The third kappa shape index (κ3) is 15.2. The molecule has 0 aliphatic carbocycles. The highest BCUT2D eigenvalue weighted by molar-refractivity contribution is 5.69. The van der Waals surface area contributed by atoms with Crippen molar-refractivity contribution >= 4 is 5.97 Å². The predicted octanol–water partition coefficient (Wildman–Crippen LogP) is 6.13. The van der Waals surface area contributed by atoms with Crippen LogP contribution in [-0.2, 0) is 4.79 Å². The second kappa shape index (κ2) is 15.3. The van der Waals surface area contributed by atoms with E-state index in [1.165, 1.54) is 51.4 Å². The quantitative estimate of drug-likeness (QED) is 0.309. The molecule has 2 nitrogen and oxygen atoms in total. The average molecular weight is 294 g/mol. The largest absolute Gasteiger partial charge is 0.481 e. The highest BCUT2D eigenvalue weighted by Gasteiger charge is 2.09. The van der Waals surface area contributed by atoms with Crippen molar-refractivity contribution in [1.82, 2.24) is 0 Å². The highest BCUT2D eigenvalue weighted by atomic mass is 16.4. The molecule has 0 aromatic heterocycles.